The van der Waals surface area contributed by atoms with Crippen LogP contribution in [-0.2, 0) is 16.0 Å². The second kappa shape index (κ2) is 7.90. The van der Waals surface area contributed by atoms with Crippen LogP contribution >= 0.6 is 27.3 Å². The van der Waals surface area contributed by atoms with Gasteiger partial charge in [-0.2, -0.15) is 5.10 Å². The Balaban J connectivity index is 1.91. The molecule has 0 aliphatic rings. The topological polar surface area (TPSA) is 63.6 Å². The van der Waals surface area contributed by atoms with Crippen LogP contribution in [0.15, 0.2) is 40.0 Å². The first-order valence-electron chi connectivity index (χ1n) is 6.33. The molecule has 0 saturated heterocycles. The van der Waals surface area contributed by atoms with Gasteiger partial charge in [0.15, 0.2) is 0 Å². The third-order valence-electron chi connectivity index (χ3n) is 2.45. The molecule has 0 aliphatic heterocycles. The fraction of sp³-hybridized carbons (Fsp3) is 0.214. The minimum Gasteiger partial charge on any atom is -0.466 e. The summed E-state index contributed by atoms with van der Waals surface area (Å²) in [7, 11) is 0. The molecule has 1 aromatic carbocycles. The number of ether oxygens (including phenoxy) is 1. The lowest BCUT2D eigenvalue weighted by molar-refractivity contribution is -0.142. The van der Waals surface area contributed by atoms with Crippen molar-refractivity contribution >= 4 is 44.6 Å². The summed E-state index contributed by atoms with van der Waals surface area (Å²) in [6.07, 6.45) is 3.59. The predicted octanol–water partition coefficient (Wildman–Crippen LogP) is 3.46. The number of benzene rings is 1. The Hall–Kier alpha value is -1.73. The lowest BCUT2D eigenvalue weighted by Gasteiger charge is -1.98. The number of hydrazone groups is 1. The molecule has 21 heavy (non-hydrogen) atoms. The van der Waals surface area contributed by atoms with E-state index in [1.807, 2.05) is 24.3 Å². The fourth-order valence-corrected chi connectivity index (χ4v) is 2.67. The van der Waals surface area contributed by atoms with Gasteiger partial charge in [0.05, 0.1) is 19.2 Å². The van der Waals surface area contributed by atoms with Crippen LogP contribution in [0.5, 0.6) is 0 Å². The zero-order valence-electron chi connectivity index (χ0n) is 11.4. The Morgan fingerprint density at radius 1 is 1.52 bits per heavy atom. The fourth-order valence-electron chi connectivity index (χ4n) is 1.53. The molecule has 0 aliphatic carbocycles. The summed E-state index contributed by atoms with van der Waals surface area (Å²) in [5.74, 6) is -0.246. The predicted molar refractivity (Wildman–Crippen MR) is 87.8 cm³/mol. The Morgan fingerprint density at radius 2 is 2.33 bits per heavy atom. The molecule has 0 unspecified atom stereocenters. The largest absolute Gasteiger partial charge is 0.466 e. The third kappa shape index (κ3) is 4.95. The highest BCUT2D eigenvalue weighted by Crippen LogP contribution is 2.19. The van der Waals surface area contributed by atoms with Crippen molar-refractivity contribution in [1.29, 1.82) is 0 Å². The van der Waals surface area contributed by atoms with Crippen LogP contribution in [0.4, 0.5) is 5.13 Å². The molecule has 1 heterocycles. The second-order valence-corrected chi connectivity index (χ2v) is 5.97. The molecule has 0 amide bonds. The second-order valence-electron chi connectivity index (χ2n) is 4.01. The van der Waals surface area contributed by atoms with Gasteiger partial charge >= 0.3 is 5.97 Å². The zero-order valence-corrected chi connectivity index (χ0v) is 13.8. The highest BCUT2D eigenvalue weighted by molar-refractivity contribution is 9.10. The minimum absolute atomic E-state index is 0.237. The molecule has 1 N–H and O–H groups in total. The third-order valence-corrected chi connectivity index (χ3v) is 4.07. The van der Waals surface area contributed by atoms with E-state index in [-0.39, 0.29) is 12.4 Å². The molecular formula is C14H14BrN3O2S. The SMILES string of the molecule is CCOC(=O)Cc1cnc(N/N=C/c2ccccc2Br)s1. The molecule has 0 fully saturated rings. The van der Waals surface area contributed by atoms with Gasteiger partial charge in [-0.25, -0.2) is 4.98 Å². The molecule has 0 radical (unpaired) electrons. The van der Waals surface area contributed by atoms with Gasteiger partial charge in [0, 0.05) is 21.1 Å². The van der Waals surface area contributed by atoms with Crippen molar-refractivity contribution in [2.24, 2.45) is 5.10 Å². The van der Waals surface area contributed by atoms with Crippen molar-refractivity contribution < 1.29 is 9.53 Å². The number of nitrogens with one attached hydrogen (secondary N) is 1. The van der Waals surface area contributed by atoms with Crippen molar-refractivity contribution in [1.82, 2.24) is 4.98 Å². The van der Waals surface area contributed by atoms with E-state index in [0.717, 1.165) is 14.9 Å². The first kappa shape index (κ1) is 15.7. The molecule has 110 valence electrons. The Bertz CT molecular complexity index is 643. The number of esters is 1. The number of hydrogen-bond acceptors (Lipinski definition) is 6. The number of nitrogens with zero attached hydrogens (tertiary/aromatic N) is 2. The van der Waals surface area contributed by atoms with E-state index in [1.54, 1.807) is 19.3 Å². The Labute approximate surface area is 135 Å². The maximum Gasteiger partial charge on any atom is 0.311 e. The van der Waals surface area contributed by atoms with Crippen molar-refractivity contribution in [2.45, 2.75) is 13.3 Å². The van der Waals surface area contributed by atoms with Gasteiger partial charge in [0.25, 0.3) is 0 Å². The van der Waals surface area contributed by atoms with Gasteiger partial charge in [-0.1, -0.05) is 45.5 Å². The summed E-state index contributed by atoms with van der Waals surface area (Å²) in [5.41, 5.74) is 3.82. The maximum atomic E-state index is 11.4. The van der Waals surface area contributed by atoms with E-state index < -0.39 is 0 Å². The molecule has 0 bridgehead atoms. The van der Waals surface area contributed by atoms with Crippen LogP contribution in [0, 0.1) is 0 Å². The average Bonchev–Trinajstić information content (AvgIpc) is 2.88. The molecular weight excluding hydrogens is 354 g/mol. The molecule has 0 spiro atoms. The standard InChI is InChI=1S/C14H14BrN3O2S/c1-2-20-13(19)7-11-9-16-14(21-11)18-17-8-10-5-3-4-6-12(10)15/h3-6,8-9H,2,7H2,1H3,(H,16,18)/b17-8+. The summed E-state index contributed by atoms with van der Waals surface area (Å²) in [4.78, 5) is 16.4. The summed E-state index contributed by atoms with van der Waals surface area (Å²) in [6, 6.07) is 7.77. The molecule has 1 aromatic heterocycles. The highest BCUT2D eigenvalue weighted by Gasteiger charge is 2.07. The number of carbonyl (C=O) groups is 1. The molecule has 0 atom stereocenters. The lowest BCUT2D eigenvalue weighted by Crippen LogP contribution is -2.06. The van der Waals surface area contributed by atoms with Crippen LogP contribution in [0.3, 0.4) is 0 Å². The first-order valence-corrected chi connectivity index (χ1v) is 7.94. The molecule has 0 saturated carbocycles. The Kier molecular flexibility index (Phi) is 5.89. The monoisotopic (exact) mass is 367 g/mol. The number of halogens is 1. The molecule has 5 nitrogen and oxygen atoms in total. The van der Waals surface area contributed by atoms with E-state index in [9.17, 15) is 4.79 Å². The number of aromatic nitrogens is 1. The van der Waals surface area contributed by atoms with Gasteiger partial charge in [-0.05, 0) is 13.0 Å². The van der Waals surface area contributed by atoms with Crippen LogP contribution < -0.4 is 5.43 Å². The van der Waals surface area contributed by atoms with Gasteiger partial charge in [-0.15, -0.1) is 0 Å². The molecule has 7 heteroatoms. The quantitative estimate of drug-likeness (QED) is 0.482. The van der Waals surface area contributed by atoms with E-state index in [0.29, 0.717) is 11.7 Å². The van der Waals surface area contributed by atoms with E-state index in [2.05, 4.69) is 31.4 Å². The van der Waals surface area contributed by atoms with Crippen molar-refractivity contribution in [3.63, 3.8) is 0 Å². The van der Waals surface area contributed by atoms with E-state index in [4.69, 9.17) is 4.74 Å². The van der Waals surface area contributed by atoms with Gasteiger partial charge in [0.1, 0.15) is 0 Å². The van der Waals surface area contributed by atoms with Gasteiger partial charge < -0.3 is 4.74 Å². The van der Waals surface area contributed by atoms with Crippen molar-refractivity contribution in [3.05, 3.63) is 45.4 Å². The summed E-state index contributed by atoms with van der Waals surface area (Å²) in [5, 5.41) is 4.76. The molecule has 2 aromatic rings. The van der Waals surface area contributed by atoms with Crippen molar-refractivity contribution in [3.8, 4) is 0 Å². The summed E-state index contributed by atoms with van der Waals surface area (Å²) >= 11 is 4.82. The van der Waals surface area contributed by atoms with Crippen LogP contribution in [0.1, 0.15) is 17.4 Å². The average molecular weight is 368 g/mol. The minimum atomic E-state index is -0.246. The number of rotatable bonds is 6. The Morgan fingerprint density at radius 3 is 3.10 bits per heavy atom. The number of hydrogen-bond donors (Lipinski definition) is 1. The number of anilines is 1. The summed E-state index contributed by atoms with van der Waals surface area (Å²) in [6.45, 7) is 2.17. The normalized spacial score (nSPS) is 10.8. The van der Waals surface area contributed by atoms with Gasteiger partial charge in [0.2, 0.25) is 5.13 Å². The van der Waals surface area contributed by atoms with E-state index in [1.165, 1.54) is 11.3 Å². The van der Waals surface area contributed by atoms with Gasteiger partial charge in [-0.3, -0.25) is 10.2 Å². The van der Waals surface area contributed by atoms with E-state index >= 15 is 0 Å². The smallest absolute Gasteiger partial charge is 0.311 e. The lowest BCUT2D eigenvalue weighted by atomic mass is 10.2. The zero-order chi connectivity index (χ0) is 15.1. The number of thiazole rings is 1. The first-order chi connectivity index (χ1) is 10.2. The van der Waals surface area contributed by atoms with Crippen LogP contribution in [0.25, 0.3) is 0 Å². The van der Waals surface area contributed by atoms with Crippen molar-refractivity contribution in [2.75, 3.05) is 12.0 Å². The summed E-state index contributed by atoms with van der Waals surface area (Å²) < 4.78 is 5.86. The van der Waals surface area contributed by atoms with Crippen LogP contribution in [0.2, 0.25) is 0 Å². The molecule has 2 rings (SSSR count). The van der Waals surface area contributed by atoms with Crippen LogP contribution in [-0.4, -0.2) is 23.8 Å². The number of carbonyl (C=O) groups excluding carboxylic acids is 1. The highest BCUT2D eigenvalue weighted by atomic mass is 79.9. The maximum absolute atomic E-state index is 11.4.